The van der Waals surface area contributed by atoms with Gasteiger partial charge in [0.2, 0.25) is 11.9 Å². The molecule has 1 aromatic heterocycles. The Bertz CT molecular complexity index is 1650. The summed E-state index contributed by atoms with van der Waals surface area (Å²) in [6.45, 7) is 8.53. The number of hydrogen-bond donors (Lipinski definition) is 1. The number of rotatable bonds is 11. The maximum atomic E-state index is 13.4. The molecule has 3 aromatic rings. The normalized spacial score (nSPS) is 17.3. The zero-order valence-electron chi connectivity index (χ0n) is 27.4. The lowest BCUT2D eigenvalue weighted by Crippen LogP contribution is -2.48. The van der Waals surface area contributed by atoms with Gasteiger partial charge in [0, 0.05) is 68.2 Å². The predicted octanol–water partition coefficient (Wildman–Crippen LogP) is 6.76. The number of likely N-dealkylation sites (N-methyl/N-ethyl adjacent to an activating group) is 1. The number of anilines is 2. The molecule has 1 atom stereocenters. The van der Waals surface area contributed by atoms with Crippen molar-refractivity contribution in [3.8, 4) is 0 Å². The number of nitrogens with zero attached hydrogens (tertiary/aromatic N) is 6. The van der Waals surface area contributed by atoms with Gasteiger partial charge in [0.05, 0.1) is 6.42 Å². The van der Waals surface area contributed by atoms with E-state index in [4.69, 9.17) is 4.98 Å². The molecule has 3 heterocycles. The minimum absolute atomic E-state index is 0.00908. The highest BCUT2D eigenvalue weighted by Crippen LogP contribution is 2.30. The van der Waals surface area contributed by atoms with Crippen LogP contribution in [0.1, 0.15) is 60.8 Å². The molecular formula is C36H42F3N7O2. The van der Waals surface area contributed by atoms with Gasteiger partial charge < -0.3 is 15.1 Å². The second-order valence-electron chi connectivity index (χ2n) is 12.2. The first-order valence-corrected chi connectivity index (χ1v) is 16.2. The van der Waals surface area contributed by atoms with Gasteiger partial charge in [-0.05, 0) is 68.6 Å². The van der Waals surface area contributed by atoms with Crippen LogP contribution in [0, 0.1) is 0 Å². The summed E-state index contributed by atoms with van der Waals surface area (Å²) in [6.07, 6.45) is 1.73. The highest BCUT2D eigenvalue weighted by molar-refractivity contribution is 5.94. The van der Waals surface area contributed by atoms with Crippen molar-refractivity contribution >= 4 is 35.2 Å². The van der Waals surface area contributed by atoms with Gasteiger partial charge in [0.15, 0.2) is 5.82 Å². The maximum Gasteiger partial charge on any atom is 0.389 e. The van der Waals surface area contributed by atoms with Crippen LogP contribution in [0.2, 0.25) is 0 Å². The molecule has 1 N–H and O–H groups in total. The second kappa shape index (κ2) is 15.5. The van der Waals surface area contributed by atoms with Crippen molar-refractivity contribution in [2.45, 2.75) is 57.8 Å². The Morgan fingerprint density at radius 2 is 1.83 bits per heavy atom. The summed E-state index contributed by atoms with van der Waals surface area (Å²) in [5.41, 5.74) is 4.31. The summed E-state index contributed by atoms with van der Waals surface area (Å²) in [5, 5.41) is 7.73. The average molecular weight is 662 g/mol. The first-order chi connectivity index (χ1) is 23.0. The van der Waals surface area contributed by atoms with Crippen LogP contribution in [0.5, 0.6) is 0 Å². The maximum absolute atomic E-state index is 13.4. The van der Waals surface area contributed by atoms with Gasteiger partial charge in [0.25, 0.3) is 5.91 Å². The van der Waals surface area contributed by atoms with Gasteiger partial charge in [-0.15, -0.1) is 5.10 Å². The Hall–Kier alpha value is -4.71. The molecule has 254 valence electrons. The number of alkyl halides is 3. The van der Waals surface area contributed by atoms with E-state index in [1.807, 2.05) is 54.3 Å². The molecule has 2 aromatic carbocycles. The molecule has 12 heteroatoms. The van der Waals surface area contributed by atoms with Crippen molar-refractivity contribution in [2.24, 2.45) is 0 Å². The third-order valence-corrected chi connectivity index (χ3v) is 8.83. The molecule has 0 aliphatic carbocycles. The fourth-order valence-corrected chi connectivity index (χ4v) is 6.20. The molecule has 9 nitrogen and oxygen atoms in total. The summed E-state index contributed by atoms with van der Waals surface area (Å²) in [4.78, 5) is 36.1. The Kier molecular flexibility index (Phi) is 11.2. The summed E-state index contributed by atoms with van der Waals surface area (Å²) >= 11 is 0. The lowest BCUT2D eigenvalue weighted by molar-refractivity contribution is -0.148. The number of carbonyl (C=O) groups excluding carboxylic acids is 2. The van der Waals surface area contributed by atoms with Crippen LogP contribution in [0.3, 0.4) is 0 Å². The fourth-order valence-electron chi connectivity index (χ4n) is 6.20. The molecule has 0 bridgehead atoms. The Morgan fingerprint density at radius 1 is 1.08 bits per heavy atom. The molecule has 2 amide bonds. The molecule has 0 radical (unpaired) electrons. The van der Waals surface area contributed by atoms with Crippen molar-refractivity contribution in [1.29, 1.82) is 0 Å². The topological polar surface area (TPSA) is 86.6 Å². The molecule has 5 rings (SSSR count). The minimum Gasteiger partial charge on any atom is -0.339 e. The van der Waals surface area contributed by atoms with Crippen LogP contribution < -0.4 is 5.32 Å². The number of carbonyl (C=O) groups is 2. The Labute approximate surface area is 279 Å². The third-order valence-electron chi connectivity index (χ3n) is 8.83. The SMILES string of the molecule is C=Cn1nc(Nc2ccc(C(=O)N3CCCC(N(C)Cc4ccccc4)C3)cc2)nc1/C(=C\C)C1=CCN(C(=O)CCC(F)(F)F)CC1. The van der Waals surface area contributed by atoms with Crippen LogP contribution in [-0.4, -0.2) is 86.7 Å². The number of benzene rings is 2. The number of aromatic nitrogens is 3. The van der Waals surface area contributed by atoms with E-state index in [9.17, 15) is 22.8 Å². The summed E-state index contributed by atoms with van der Waals surface area (Å²) in [6, 6.07) is 17.9. The van der Waals surface area contributed by atoms with Crippen molar-refractivity contribution in [1.82, 2.24) is 29.5 Å². The van der Waals surface area contributed by atoms with E-state index >= 15 is 0 Å². The second-order valence-corrected chi connectivity index (χ2v) is 12.2. The zero-order valence-corrected chi connectivity index (χ0v) is 27.4. The molecule has 2 aliphatic heterocycles. The highest BCUT2D eigenvalue weighted by Gasteiger charge is 2.30. The minimum atomic E-state index is -4.36. The number of halogens is 3. The van der Waals surface area contributed by atoms with Gasteiger partial charge >= 0.3 is 6.18 Å². The Morgan fingerprint density at radius 3 is 2.48 bits per heavy atom. The summed E-state index contributed by atoms with van der Waals surface area (Å²) in [7, 11) is 2.12. The molecule has 1 unspecified atom stereocenters. The lowest BCUT2D eigenvalue weighted by atomic mass is 9.98. The molecular weight excluding hydrogens is 619 g/mol. The van der Waals surface area contributed by atoms with E-state index in [1.54, 1.807) is 16.8 Å². The molecule has 48 heavy (non-hydrogen) atoms. The summed E-state index contributed by atoms with van der Waals surface area (Å²) < 4.78 is 39.3. The Balaban J connectivity index is 1.20. The zero-order chi connectivity index (χ0) is 34.3. The van der Waals surface area contributed by atoms with Gasteiger partial charge in [-0.25, -0.2) is 4.68 Å². The summed E-state index contributed by atoms with van der Waals surface area (Å²) in [5.74, 6) is 0.380. The molecule has 0 saturated carbocycles. The van der Waals surface area contributed by atoms with Crippen molar-refractivity contribution < 1.29 is 22.8 Å². The number of nitrogens with one attached hydrogen (secondary N) is 1. The van der Waals surface area contributed by atoms with E-state index in [1.165, 1.54) is 16.7 Å². The first kappa shape index (κ1) is 34.6. The van der Waals surface area contributed by atoms with Crippen LogP contribution in [-0.2, 0) is 11.3 Å². The van der Waals surface area contributed by atoms with Gasteiger partial charge in [-0.2, -0.15) is 18.2 Å². The number of hydrogen-bond acceptors (Lipinski definition) is 6. The predicted molar refractivity (Wildman–Crippen MR) is 181 cm³/mol. The third kappa shape index (κ3) is 8.80. The molecule has 1 saturated heterocycles. The molecule has 0 spiro atoms. The van der Waals surface area contributed by atoms with Crippen LogP contribution >= 0.6 is 0 Å². The monoisotopic (exact) mass is 661 g/mol. The van der Waals surface area contributed by atoms with E-state index in [-0.39, 0.29) is 12.5 Å². The average Bonchev–Trinajstić information content (AvgIpc) is 3.50. The van der Waals surface area contributed by atoms with Gasteiger partial charge in [0.1, 0.15) is 0 Å². The number of piperidine rings is 1. The van der Waals surface area contributed by atoms with Crippen molar-refractivity contribution in [2.75, 3.05) is 38.5 Å². The van der Waals surface area contributed by atoms with E-state index in [2.05, 4.69) is 41.1 Å². The standard InChI is InChI=1S/C36H42F3N7O2/c1-4-31(27-18-22-44(23-19-27)32(47)17-20-36(37,38)39)33-41-35(42-46(33)5-2)40-29-15-13-28(14-16-29)34(48)45-21-9-12-30(25-45)43(3)24-26-10-7-6-8-11-26/h4-8,10-11,13-16,18,30H,2,9,12,17,19-25H2,1,3H3,(H,40,42)/b31-4-. The molecule has 2 aliphatic rings. The van der Waals surface area contributed by atoms with Gasteiger partial charge in [-0.1, -0.05) is 49.1 Å². The quantitative estimate of drug-likeness (QED) is 0.244. The van der Waals surface area contributed by atoms with Crippen LogP contribution in [0.25, 0.3) is 11.8 Å². The van der Waals surface area contributed by atoms with Crippen molar-refractivity contribution in [3.05, 3.63) is 95.9 Å². The number of likely N-dealkylation sites (tertiary alicyclic amines) is 1. The van der Waals surface area contributed by atoms with Crippen LogP contribution in [0.15, 0.2) is 78.9 Å². The van der Waals surface area contributed by atoms with Gasteiger partial charge in [-0.3, -0.25) is 14.5 Å². The van der Waals surface area contributed by atoms with Crippen LogP contribution in [0.4, 0.5) is 24.8 Å². The highest BCUT2D eigenvalue weighted by atomic mass is 19.4. The molecule has 1 fully saturated rings. The lowest BCUT2D eigenvalue weighted by Gasteiger charge is -2.37. The van der Waals surface area contributed by atoms with E-state index in [0.29, 0.717) is 48.6 Å². The van der Waals surface area contributed by atoms with E-state index < -0.39 is 24.9 Å². The van der Waals surface area contributed by atoms with E-state index in [0.717, 1.165) is 37.1 Å². The number of allylic oxidation sites excluding steroid dienone is 2. The first-order valence-electron chi connectivity index (χ1n) is 16.2. The number of amides is 2. The van der Waals surface area contributed by atoms with Crippen molar-refractivity contribution in [3.63, 3.8) is 0 Å². The fraction of sp³-hybridized carbons (Fsp3) is 0.389. The largest absolute Gasteiger partial charge is 0.389 e. The smallest absolute Gasteiger partial charge is 0.339 e.